The quantitative estimate of drug-likeness (QED) is 0.739. The molecule has 0 fully saturated rings. The predicted octanol–water partition coefficient (Wildman–Crippen LogP) is 3.99. The molecule has 0 N–H and O–H groups in total. The lowest BCUT2D eigenvalue weighted by molar-refractivity contribution is -0.151. The largest absolute Gasteiger partial charge is 0.462 e. The van der Waals surface area contributed by atoms with Crippen LogP contribution in [0.15, 0.2) is 42.5 Å². The van der Waals surface area contributed by atoms with Crippen LogP contribution in [0.5, 0.6) is 5.75 Å². The average molecular weight is 230 g/mol. The highest BCUT2D eigenvalue weighted by Crippen LogP contribution is 2.28. The third-order valence-corrected chi connectivity index (χ3v) is 2.60. The van der Waals surface area contributed by atoms with Crippen molar-refractivity contribution in [3.63, 3.8) is 0 Å². The van der Waals surface area contributed by atoms with E-state index in [2.05, 4.69) is 18.2 Å². The van der Waals surface area contributed by atoms with Crippen molar-refractivity contribution in [2.45, 2.75) is 26.6 Å². The Labute approximate surface area is 102 Å². The van der Waals surface area contributed by atoms with Crippen molar-refractivity contribution in [1.29, 1.82) is 0 Å². The first-order valence-corrected chi connectivity index (χ1v) is 5.93. The Hall–Kier alpha value is -1.54. The van der Waals surface area contributed by atoms with Gasteiger partial charge in [0.1, 0.15) is 5.75 Å². The van der Waals surface area contributed by atoms with Crippen molar-refractivity contribution in [2.24, 2.45) is 0 Å². The molecule has 0 atom stereocenters. The molecule has 0 saturated heterocycles. The number of rotatable bonds is 4. The van der Waals surface area contributed by atoms with Crippen molar-refractivity contribution < 1.29 is 9.47 Å². The standard InChI is InChI=1S/C15H18O2/c1-4-16-15(2,3)17-14-11-7-9-12-8-5-6-10-13(12)14/h5-11H,4H2,1-3H3. The smallest absolute Gasteiger partial charge is 0.204 e. The molecule has 0 aliphatic carbocycles. The maximum atomic E-state index is 5.93. The van der Waals surface area contributed by atoms with Gasteiger partial charge >= 0.3 is 0 Å². The third-order valence-electron chi connectivity index (χ3n) is 2.60. The van der Waals surface area contributed by atoms with E-state index in [0.29, 0.717) is 6.61 Å². The van der Waals surface area contributed by atoms with E-state index in [-0.39, 0.29) is 0 Å². The fourth-order valence-electron chi connectivity index (χ4n) is 1.93. The summed E-state index contributed by atoms with van der Waals surface area (Å²) in [5.74, 6) is 0.264. The fraction of sp³-hybridized carbons (Fsp3) is 0.333. The summed E-state index contributed by atoms with van der Waals surface area (Å²) in [6, 6.07) is 14.2. The summed E-state index contributed by atoms with van der Waals surface area (Å²) >= 11 is 0. The van der Waals surface area contributed by atoms with Crippen LogP contribution in [0.25, 0.3) is 10.8 Å². The van der Waals surface area contributed by atoms with Gasteiger partial charge in [-0.2, -0.15) is 0 Å². The van der Waals surface area contributed by atoms with E-state index >= 15 is 0 Å². The molecule has 0 unspecified atom stereocenters. The minimum Gasteiger partial charge on any atom is -0.462 e. The van der Waals surface area contributed by atoms with E-state index in [1.54, 1.807) is 0 Å². The molecule has 0 bridgehead atoms. The lowest BCUT2D eigenvalue weighted by atomic mass is 10.1. The minimum atomic E-state index is -0.598. The van der Waals surface area contributed by atoms with E-state index in [1.807, 2.05) is 45.0 Å². The Morgan fingerprint density at radius 3 is 2.47 bits per heavy atom. The number of ether oxygens (including phenoxy) is 2. The molecule has 0 spiro atoms. The lowest BCUT2D eigenvalue weighted by Crippen LogP contribution is -2.31. The molecular weight excluding hydrogens is 212 g/mol. The Morgan fingerprint density at radius 2 is 1.71 bits per heavy atom. The van der Waals surface area contributed by atoms with Crippen LogP contribution in [0.4, 0.5) is 0 Å². The summed E-state index contributed by atoms with van der Waals surface area (Å²) in [5, 5.41) is 2.29. The van der Waals surface area contributed by atoms with Crippen molar-refractivity contribution in [2.75, 3.05) is 6.61 Å². The highest BCUT2D eigenvalue weighted by Gasteiger charge is 2.20. The van der Waals surface area contributed by atoms with E-state index in [4.69, 9.17) is 9.47 Å². The summed E-state index contributed by atoms with van der Waals surface area (Å²) in [5.41, 5.74) is 0. The van der Waals surface area contributed by atoms with Crippen LogP contribution < -0.4 is 4.74 Å². The Balaban J connectivity index is 2.36. The molecule has 0 heterocycles. The molecule has 17 heavy (non-hydrogen) atoms. The molecule has 0 amide bonds. The van der Waals surface area contributed by atoms with Gasteiger partial charge in [-0.3, -0.25) is 0 Å². The van der Waals surface area contributed by atoms with Gasteiger partial charge in [0.15, 0.2) is 0 Å². The summed E-state index contributed by atoms with van der Waals surface area (Å²) in [4.78, 5) is 0. The SMILES string of the molecule is CCOC(C)(C)Oc1cccc2ccccc12. The monoisotopic (exact) mass is 230 g/mol. The zero-order valence-corrected chi connectivity index (χ0v) is 10.6. The first-order valence-electron chi connectivity index (χ1n) is 5.93. The van der Waals surface area contributed by atoms with Gasteiger partial charge in [-0.25, -0.2) is 0 Å². The maximum Gasteiger partial charge on any atom is 0.204 e. The summed E-state index contributed by atoms with van der Waals surface area (Å²) in [6.45, 7) is 6.46. The van der Waals surface area contributed by atoms with Gasteiger partial charge in [0.05, 0.1) is 0 Å². The van der Waals surface area contributed by atoms with Crippen LogP contribution in [-0.4, -0.2) is 12.4 Å². The van der Waals surface area contributed by atoms with E-state index in [1.165, 1.54) is 5.39 Å². The maximum absolute atomic E-state index is 5.93. The van der Waals surface area contributed by atoms with E-state index in [9.17, 15) is 0 Å². The average Bonchev–Trinajstić information content (AvgIpc) is 2.29. The van der Waals surface area contributed by atoms with Crippen molar-refractivity contribution in [1.82, 2.24) is 0 Å². The van der Waals surface area contributed by atoms with Gasteiger partial charge in [0.25, 0.3) is 0 Å². The zero-order valence-electron chi connectivity index (χ0n) is 10.6. The van der Waals surface area contributed by atoms with Crippen molar-refractivity contribution >= 4 is 10.8 Å². The van der Waals surface area contributed by atoms with Gasteiger partial charge in [-0.1, -0.05) is 36.4 Å². The molecule has 0 aromatic heterocycles. The molecule has 0 aliphatic rings. The Bertz CT molecular complexity index is 498. The van der Waals surface area contributed by atoms with E-state index in [0.717, 1.165) is 11.1 Å². The Kier molecular flexibility index (Phi) is 3.34. The second-order valence-corrected chi connectivity index (χ2v) is 4.41. The fourth-order valence-corrected chi connectivity index (χ4v) is 1.93. The molecule has 2 nitrogen and oxygen atoms in total. The topological polar surface area (TPSA) is 18.5 Å². The van der Waals surface area contributed by atoms with Crippen molar-refractivity contribution in [3.05, 3.63) is 42.5 Å². The molecule has 2 aromatic carbocycles. The molecule has 0 radical (unpaired) electrons. The highest BCUT2D eigenvalue weighted by molar-refractivity contribution is 5.88. The van der Waals surface area contributed by atoms with Crippen molar-refractivity contribution in [3.8, 4) is 5.75 Å². The number of benzene rings is 2. The number of fused-ring (bicyclic) bond motifs is 1. The zero-order chi connectivity index (χ0) is 12.3. The molecule has 2 rings (SSSR count). The van der Waals surface area contributed by atoms with Crippen LogP contribution in [0.3, 0.4) is 0 Å². The van der Waals surface area contributed by atoms with Gasteiger partial charge in [0, 0.05) is 25.8 Å². The Morgan fingerprint density at radius 1 is 1.00 bits per heavy atom. The van der Waals surface area contributed by atoms with Crippen LogP contribution >= 0.6 is 0 Å². The van der Waals surface area contributed by atoms with E-state index < -0.39 is 5.79 Å². The number of hydrogen-bond acceptors (Lipinski definition) is 2. The third kappa shape index (κ3) is 2.77. The summed E-state index contributed by atoms with van der Waals surface area (Å²) < 4.78 is 11.5. The van der Waals surface area contributed by atoms with Crippen LogP contribution in [0, 0.1) is 0 Å². The second kappa shape index (κ2) is 4.76. The first-order chi connectivity index (χ1) is 8.12. The first kappa shape index (κ1) is 11.9. The summed E-state index contributed by atoms with van der Waals surface area (Å²) in [7, 11) is 0. The minimum absolute atomic E-state index is 0.598. The number of hydrogen-bond donors (Lipinski definition) is 0. The normalized spacial score (nSPS) is 11.7. The van der Waals surface area contributed by atoms with Crippen LogP contribution in [-0.2, 0) is 4.74 Å². The lowest BCUT2D eigenvalue weighted by Gasteiger charge is -2.26. The highest BCUT2D eigenvalue weighted by atomic mass is 16.7. The summed E-state index contributed by atoms with van der Waals surface area (Å²) in [6.07, 6.45) is 0. The molecular formula is C15H18O2. The molecule has 90 valence electrons. The van der Waals surface area contributed by atoms with Crippen LogP contribution in [0.1, 0.15) is 20.8 Å². The van der Waals surface area contributed by atoms with Gasteiger partial charge < -0.3 is 9.47 Å². The molecule has 0 saturated carbocycles. The molecule has 2 heteroatoms. The van der Waals surface area contributed by atoms with Gasteiger partial charge in [-0.05, 0) is 18.4 Å². The van der Waals surface area contributed by atoms with Gasteiger partial charge in [0.2, 0.25) is 5.79 Å². The predicted molar refractivity (Wildman–Crippen MR) is 70.3 cm³/mol. The second-order valence-electron chi connectivity index (χ2n) is 4.41. The molecule has 2 aromatic rings. The van der Waals surface area contributed by atoms with Crippen LogP contribution in [0.2, 0.25) is 0 Å². The molecule has 0 aliphatic heterocycles. The van der Waals surface area contributed by atoms with Gasteiger partial charge in [-0.15, -0.1) is 0 Å².